The summed E-state index contributed by atoms with van der Waals surface area (Å²) in [5.41, 5.74) is 6.80. The highest BCUT2D eigenvalue weighted by atomic mass is 32.2. The Bertz CT molecular complexity index is 600. The van der Waals surface area contributed by atoms with Crippen molar-refractivity contribution >= 4 is 21.4 Å². The molecule has 0 amide bonds. The third kappa shape index (κ3) is 2.78. The summed E-state index contributed by atoms with van der Waals surface area (Å²) in [6.07, 6.45) is 3.69. The molecule has 0 bridgehead atoms. The van der Waals surface area contributed by atoms with Crippen molar-refractivity contribution in [2.24, 2.45) is 10.9 Å². The van der Waals surface area contributed by atoms with E-state index in [4.69, 9.17) is 10.9 Å². The smallest absolute Gasteiger partial charge is 0.172 e. The first-order chi connectivity index (χ1) is 8.94. The number of hydrogen-bond donors (Lipinski definition) is 2. The summed E-state index contributed by atoms with van der Waals surface area (Å²) in [5, 5.41) is 11.7. The van der Waals surface area contributed by atoms with E-state index in [9.17, 15) is 8.42 Å². The average molecular weight is 284 g/mol. The van der Waals surface area contributed by atoms with E-state index in [0.717, 1.165) is 0 Å². The standard InChI is InChI=1S/C11H16N4O3S/c1-15(8-3-5-19(17,18)7-8)10-6-13-4-2-9(10)11(12)14-16/h2,4,6,8,16H,3,5,7H2,1H3,(H2,12,14). The summed E-state index contributed by atoms with van der Waals surface area (Å²) in [7, 11) is -1.17. The third-order valence-corrected chi connectivity index (χ3v) is 5.07. The van der Waals surface area contributed by atoms with Crippen LogP contribution in [0.3, 0.4) is 0 Å². The summed E-state index contributed by atoms with van der Waals surface area (Å²) < 4.78 is 23.0. The summed E-state index contributed by atoms with van der Waals surface area (Å²) in [4.78, 5) is 5.83. The molecule has 1 aromatic heterocycles. The molecule has 1 aliphatic rings. The van der Waals surface area contributed by atoms with E-state index in [1.807, 2.05) is 4.90 Å². The monoisotopic (exact) mass is 284 g/mol. The Morgan fingerprint density at radius 1 is 1.63 bits per heavy atom. The second-order valence-electron chi connectivity index (χ2n) is 4.55. The molecule has 0 aliphatic carbocycles. The van der Waals surface area contributed by atoms with Crippen molar-refractivity contribution in [2.45, 2.75) is 12.5 Å². The van der Waals surface area contributed by atoms with Crippen LogP contribution >= 0.6 is 0 Å². The molecule has 1 aliphatic heterocycles. The van der Waals surface area contributed by atoms with Crippen molar-refractivity contribution in [3.63, 3.8) is 0 Å². The number of anilines is 1. The van der Waals surface area contributed by atoms with E-state index >= 15 is 0 Å². The molecule has 104 valence electrons. The molecule has 1 atom stereocenters. The van der Waals surface area contributed by atoms with E-state index < -0.39 is 9.84 Å². The molecule has 0 radical (unpaired) electrons. The van der Waals surface area contributed by atoms with Crippen molar-refractivity contribution in [1.82, 2.24) is 4.98 Å². The first-order valence-corrected chi connectivity index (χ1v) is 7.62. The lowest BCUT2D eigenvalue weighted by Gasteiger charge is -2.27. The SMILES string of the molecule is CN(c1cnccc1/C(N)=N/O)C1CCS(=O)(=O)C1. The van der Waals surface area contributed by atoms with Crippen molar-refractivity contribution in [3.05, 3.63) is 24.0 Å². The maximum absolute atomic E-state index is 11.5. The second-order valence-corrected chi connectivity index (χ2v) is 6.77. The van der Waals surface area contributed by atoms with Gasteiger partial charge in [-0.25, -0.2) is 8.42 Å². The first kappa shape index (κ1) is 13.6. The number of rotatable bonds is 3. The number of amidine groups is 1. The van der Waals surface area contributed by atoms with E-state index in [1.165, 1.54) is 6.20 Å². The molecule has 19 heavy (non-hydrogen) atoms. The quantitative estimate of drug-likeness (QED) is 0.344. The fourth-order valence-corrected chi connectivity index (χ4v) is 3.99. The molecule has 2 heterocycles. The van der Waals surface area contributed by atoms with Gasteiger partial charge in [0.15, 0.2) is 15.7 Å². The topological polar surface area (TPSA) is 109 Å². The molecule has 7 nitrogen and oxygen atoms in total. The molecule has 0 saturated carbocycles. The molecule has 8 heteroatoms. The molecular formula is C11H16N4O3S. The zero-order valence-electron chi connectivity index (χ0n) is 10.5. The molecule has 0 aromatic carbocycles. The van der Waals surface area contributed by atoms with Crippen molar-refractivity contribution in [2.75, 3.05) is 23.5 Å². The predicted molar refractivity (Wildman–Crippen MR) is 72.2 cm³/mol. The number of sulfone groups is 1. The fraction of sp³-hybridized carbons (Fsp3) is 0.455. The van der Waals surface area contributed by atoms with E-state index in [-0.39, 0.29) is 23.4 Å². The zero-order chi connectivity index (χ0) is 14.0. The van der Waals surface area contributed by atoms with Gasteiger partial charge in [0.2, 0.25) is 0 Å². The Labute approximate surface area is 111 Å². The van der Waals surface area contributed by atoms with Gasteiger partial charge < -0.3 is 15.8 Å². The van der Waals surface area contributed by atoms with Gasteiger partial charge in [0.25, 0.3) is 0 Å². The van der Waals surface area contributed by atoms with Crippen LogP contribution < -0.4 is 10.6 Å². The number of nitrogens with two attached hydrogens (primary N) is 1. The van der Waals surface area contributed by atoms with Crippen LogP contribution in [0, 0.1) is 0 Å². The molecule has 1 unspecified atom stereocenters. The number of hydrogen-bond acceptors (Lipinski definition) is 6. The molecule has 1 fully saturated rings. The van der Waals surface area contributed by atoms with Gasteiger partial charge in [0, 0.05) is 24.8 Å². The van der Waals surface area contributed by atoms with E-state index in [1.54, 1.807) is 19.3 Å². The van der Waals surface area contributed by atoms with E-state index in [0.29, 0.717) is 17.7 Å². The Balaban J connectivity index is 2.32. The van der Waals surface area contributed by atoms with Crippen LogP contribution in [0.15, 0.2) is 23.6 Å². The average Bonchev–Trinajstić information content (AvgIpc) is 2.77. The number of pyridine rings is 1. The van der Waals surface area contributed by atoms with Gasteiger partial charge >= 0.3 is 0 Å². The fourth-order valence-electron chi connectivity index (χ4n) is 2.22. The van der Waals surface area contributed by atoms with Crippen LogP contribution in [0.5, 0.6) is 0 Å². The van der Waals surface area contributed by atoms with Crippen LogP contribution in [0.1, 0.15) is 12.0 Å². The molecule has 1 aromatic rings. The minimum Gasteiger partial charge on any atom is -0.409 e. The van der Waals surface area contributed by atoms with E-state index in [2.05, 4.69) is 10.1 Å². The van der Waals surface area contributed by atoms with Crippen LogP contribution in [-0.4, -0.2) is 49.0 Å². The summed E-state index contributed by atoms with van der Waals surface area (Å²) in [6.45, 7) is 0. The van der Waals surface area contributed by atoms with Gasteiger partial charge in [-0.3, -0.25) is 4.98 Å². The van der Waals surface area contributed by atoms with Gasteiger partial charge in [-0.1, -0.05) is 5.16 Å². The maximum atomic E-state index is 11.5. The minimum atomic E-state index is -2.96. The Morgan fingerprint density at radius 3 is 2.95 bits per heavy atom. The van der Waals surface area contributed by atoms with Gasteiger partial charge in [0.1, 0.15) is 0 Å². The third-order valence-electron chi connectivity index (χ3n) is 3.32. The lowest BCUT2D eigenvalue weighted by molar-refractivity contribution is 0.318. The first-order valence-electron chi connectivity index (χ1n) is 5.80. The normalized spacial score (nSPS) is 22.4. The highest BCUT2D eigenvalue weighted by Crippen LogP contribution is 2.25. The Morgan fingerprint density at radius 2 is 2.37 bits per heavy atom. The minimum absolute atomic E-state index is 0.0231. The van der Waals surface area contributed by atoms with Crippen LogP contribution in [0.4, 0.5) is 5.69 Å². The maximum Gasteiger partial charge on any atom is 0.172 e. The van der Waals surface area contributed by atoms with Crippen LogP contribution in [0.2, 0.25) is 0 Å². The van der Waals surface area contributed by atoms with Crippen LogP contribution in [-0.2, 0) is 9.84 Å². The van der Waals surface area contributed by atoms with Gasteiger partial charge in [-0.15, -0.1) is 0 Å². The van der Waals surface area contributed by atoms with Crippen molar-refractivity contribution in [3.8, 4) is 0 Å². The molecule has 1 saturated heterocycles. The molecule has 3 N–H and O–H groups in total. The lowest BCUT2D eigenvalue weighted by Crippen LogP contribution is -2.34. The Kier molecular flexibility index (Phi) is 3.61. The number of oxime groups is 1. The highest BCUT2D eigenvalue weighted by Gasteiger charge is 2.31. The summed E-state index contributed by atoms with van der Waals surface area (Å²) in [6, 6.07) is 1.52. The number of nitrogens with zero attached hydrogens (tertiary/aromatic N) is 3. The van der Waals surface area contributed by atoms with Gasteiger partial charge in [0.05, 0.1) is 23.4 Å². The molecular weight excluding hydrogens is 268 g/mol. The van der Waals surface area contributed by atoms with Crippen molar-refractivity contribution in [1.29, 1.82) is 0 Å². The zero-order valence-corrected chi connectivity index (χ0v) is 11.3. The van der Waals surface area contributed by atoms with Gasteiger partial charge in [-0.2, -0.15) is 0 Å². The molecule has 0 spiro atoms. The predicted octanol–water partition coefficient (Wildman–Crippen LogP) is -0.201. The molecule has 2 rings (SSSR count). The summed E-state index contributed by atoms with van der Waals surface area (Å²) >= 11 is 0. The lowest BCUT2D eigenvalue weighted by atomic mass is 10.1. The second kappa shape index (κ2) is 5.04. The van der Waals surface area contributed by atoms with Crippen LogP contribution in [0.25, 0.3) is 0 Å². The largest absolute Gasteiger partial charge is 0.409 e. The summed E-state index contributed by atoms with van der Waals surface area (Å²) in [5.74, 6) is 0.292. The van der Waals surface area contributed by atoms with Gasteiger partial charge in [-0.05, 0) is 12.5 Å². The Hall–Kier alpha value is -1.83. The highest BCUT2D eigenvalue weighted by molar-refractivity contribution is 7.91. The van der Waals surface area contributed by atoms with Crippen molar-refractivity contribution < 1.29 is 13.6 Å². The number of aromatic nitrogens is 1.